The Morgan fingerprint density at radius 2 is 1.67 bits per heavy atom. The lowest BCUT2D eigenvalue weighted by Crippen LogP contribution is -2.24. The smallest absolute Gasteiger partial charge is 0.244 e. The largest absolute Gasteiger partial charge is 0.496 e. The van der Waals surface area contributed by atoms with E-state index in [4.69, 9.17) is 9.47 Å². The van der Waals surface area contributed by atoms with E-state index >= 15 is 0 Å². The normalized spacial score (nSPS) is 11.5. The molecule has 0 spiro atoms. The minimum Gasteiger partial charge on any atom is -0.496 e. The molecular weight excluding hydrogens is 326 g/mol. The molecule has 130 valence electrons. The first kappa shape index (κ1) is 18.3. The van der Waals surface area contributed by atoms with E-state index in [0.29, 0.717) is 11.5 Å². The Morgan fingerprint density at radius 1 is 1.00 bits per heavy atom. The number of sulfonamides is 1. The average molecular weight is 349 g/mol. The Morgan fingerprint density at radius 3 is 2.29 bits per heavy atom. The van der Waals surface area contributed by atoms with Gasteiger partial charge in [0.2, 0.25) is 10.0 Å². The van der Waals surface area contributed by atoms with Gasteiger partial charge in [-0.25, -0.2) is 13.1 Å². The van der Waals surface area contributed by atoms with Crippen LogP contribution in [0.2, 0.25) is 0 Å². The van der Waals surface area contributed by atoms with E-state index in [0.717, 1.165) is 11.1 Å². The van der Waals surface area contributed by atoms with Crippen LogP contribution in [0.5, 0.6) is 11.5 Å². The number of benzene rings is 2. The van der Waals surface area contributed by atoms with Gasteiger partial charge in [0, 0.05) is 12.1 Å². The van der Waals surface area contributed by atoms with Crippen LogP contribution in [0.1, 0.15) is 30.9 Å². The van der Waals surface area contributed by atoms with Crippen molar-refractivity contribution in [2.24, 2.45) is 0 Å². The van der Waals surface area contributed by atoms with E-state index in [-0.39, 0.29) is 17.4 Å². The van der Waals surface area contributed by atoms with E-state index in [1.165, 1.54) is 7.11 Å². The zero-order valence-corrected chi connectivity index (χ0v) is 15.2. The molecular formula is C18H23NO4S. The molecule has 24 heavy (non-hydrogen) atoms. The number of nitrogens with one attached hydrogen (secondary N) is 1. The first-order chi connectivity index (χ1) is 11.4. The highest BCUT2D eigenvalue weighted by Crippen LogP contribution is 2.28. The predicted octanol–water partition coefficient (Wildman–Crippen LogP) is 3.31. The van der Waals surface area contributed by atoms with Crippen LogP contribution < -0.4 is 14.2 Å². The van der Waals surface area contributed by atoms with E-state index in [2.05, 4.69) is 4.72 Å². The summed E-state index contributed by atoms with van der Waals surface area (Å²) in [5.74, 6) is 1.19. The second kappa shape index (κ2) is 7.68. The zero-order chi connectivity index (χ0) is 17.7. The topological polar surface area (TPSA) is 64.6 Å². The number of rotatable bonds is 7. The maximum atomic E-state index is 12.7. The van der Waals surface area contributed by atoms with Crippen LogP contribution in [0.3, 0.4) is 0 Å². The molecule has 0 saturated heterocycles. The van der Waals surface area contributed by atoms with Crippen molar-refractivity contribution in [3.8, 4) is 11.5 Å². The molecule has 2 rings (SSSR count). The summed E-state index contributed by atoms with van der Waals surface area (Å²) < 4.78 is 38.5. The standard InChI is InChI=1S/C18H23NO4S/c1-13(2)14-9-10-17(23-4)18(11-14)24(20,21)19-12-15-7-5-6-8-16(15)22-3/h5-11,13,19H,12H2,1-4H3. The Kier molecular flexibility index (Phi) is 5.85. The van der Waals surface area contributed by atoms with Gasteiger partial charge in [-0.3, -0.25) is 0 Å². The third-order valence-corrected chi connectivity index (χ3v) is 5.21. The maximum absolute atomic E-state index is 12.7. The minimum atomic E-state index is -3.71. The van der Waals surface area contributed by atoms with Crippen molar-refractivity contribution in [3.05, 3.63) is 53.6 Å². The summed E-state index contributed by atoms with van der Waals surface area (Å²) >= 11 is 0. The number of para-hydroxylation sites is 1. The first-order valence-corrected chi connectivity index (χ1v) is 9.17. The average Bonchev–Trinajstić information content (AvgIpc) is 2.59. The van der Waals surface area contributed by atoms with Crippen molar-refractivity contribution in [1.29, 1.82) is 0 Å². The van der Waals surface area contributed by atoms with Gasteiger partial charge in [-0.1, -0.05) is 38.1 Å². The van der Waals surface area contributed by atoms with Gasteiger partial charge in [-0.15, -0.1) is 0 Å². The second-order valence-corrected chi connectivity index (χ2v) is 7.44. The molecule has 0 fully saturated rings. The lowest BCUT2D eigenvalue weighted by molar-refractivity contribution is 0.401. The van der Waals surface area contributed by atoms with Crippen LogP contribution in [0.15, 0.2) is 47.4 Å². The van der Waals surface area contributed by atoms with Crippen LogP contribution in [-0.4, -0.2) is 22.6 Å². The van der Waals surface area contributed by atoms with Crippen molar-refractivity contribution < 1.29 is 17.9 Å². The van der Waals surface area contributed by atoms with Crippen molar-refractivity contribution in [1.82, 2.24) is 4.72 Å². The third-order valence-electron chi connectivity index (χ3n) is 3.79. The van der Waals surface area contributed by atoms with Gasteiger partial charge in [-0.2, -0.15) is 0 Å². The number of hydrogen-bond donors (Lipinski definition) is 1. The highest BCUT2D eigenvalue weighted by atomic mass is 32.2. The van der Waals surface area contributed by atoms with Crippen molar-refractivity contribution in [2.45, 2.75) is 31.2 Å². The third kappa shape index (κ3) is 4.07. The predicted molar refractivity (Wildman–Crippen MR) is 94.1 cm³/mol. The van der Waals surface area contributed by atoms with Crippen molar-refractivity contribution in [2.75, 3.05) is 14.2 Å². The highest BCUT2D eigenvalue weighted by molar-refractivity contribution is 7.89. The summed E-state index contributed by atoms with van der Waals surface area (Å²) in [5, 5.41) is 0. The fourth-order valence-corrected chi connectivity index (χ4v) is 3.57. The lowest BCUT2D eigenvalue weighted by atomic mass is 10.0. The van der Waals surface area contributed by atoms with Gasteiger partial charge >= 0.3 is 0 Å². The van der Waals surface area contributed by atoms with Gasteiger partial charge in [0.25, 0.3) is 0 Å². The fourth-order valence-electron chi connectivity index (χ4n) is 2.36. The van der Waals surface area contributed by atoms with E-state index < -0.39 is 10.0 Å². The Bertz CT molecular complexity index is 800. The van der Waals surface area contributed by atoms with Gasteiger partial charge in [0.1, 0.15) is 16.4 Å². The molecule has 0 amide bonds. The molecule has 0 bridgehead atoms. The van der Waals surface area contributed by atoms with Crippen LogP contribution in [0, 0.1) is 0 Å². The van der Waals surface area contributed by atoms with Crippen molar-refractivity contribution >= 4 is 10.0 Å². The molecule has 0 aliphatic carbocycles. The Hall–Kier alpha value is -2.05. The molecule has 0 atom stereocenters. The molecule has 0 aliphatic rings. The maximum Gasteiger partial charge on any atom is 0.244 e. The minimum absolute atomic E-state index is 0.140. The summed E-state index contributed by atoms with van der Waals surface area (Å²) in [6.45, 7) is 4.17. The molecule has 0 radical (unpaired) electrons. The van der Waals surface area contributed by atoms with E-state index in [9.17, 15) is 8.42 Å². The molecule has 0 unspecified atom stereocenters. The number of ether oxygens (including phenoxy) is 2. The Labute approximate surface area is 143 Å². The second-order valence-electron chi connectivity index (χ2n) is 5.70. The summed E-state index contributed by atoms with van der Waals surface area (Å²) in [6, 6.07) is 12.5. The molecule has 0 heterocycles. The summed E-state index contributed by atoms with van der Waals surface area (Å²) in [7, 11) is -0.693. The summed E-state index contributed by atoms with van der Waals surface area (Å²) in [6.07, 6.45) is 0. The van der Waals surface area contributed by atoms with E-state index in [1.54, 1.807) is 25.3 Å². The van der Waals surface area contributed by atoms with Crippen molar-refractivity contribution in [3.63, 3.8) is 0 Å². The lowest BCUT2D eigenvalue weighted by Gasteiger charge is -2.14. The molecule has 2 aromatic rings. The molecule has 0 aromatic heterocycles. The van der Waals surface area contributed by atoms with Crippen LogP contribution >= 0.6 is 0 Å². The number of hydrogen-bond acceptors (Lipinski definition) is 4. The Balaban J connectivity index is 2.31. The SMILES string of the molecule is COc1ccccc1CNS(=O)(=O)c1cc(C(C)C)ccc1OC. The molecule has 1 N–H and O–H groups in total. The summed E-state index contributed by atoms with van der Waals surface area (Å²) in [4.78, 5) is 0.145. The zero-order valence-electron chi connectivity index (χ0n) is 14.4. The van der Waals surface area contributed by atoms with Crippen LogP contribution in [0.4, 0.5) is 0 Å². The quantitative estimate of drug-likeness (QED) is 0.833. The molecule has 0 aliphatic heterocycles. The van der Waals surface area contributed by atoms with Gasteiger partial charge in [0.05, 0.1) is 14.2 Å². The van der Waals surface area contributed by atoms with Gasteiger partial charge in [0.15, 0.2) is 0 Å². The van der Waals surface area contributed by atoms with Gasteiger partial charge < -0.3 is 9.47 Å². The monoisotopic (exact) mass is 349 g/mol. The van der Waals surface area contributed by atoms with Crippen LogP contribution in [0.25, 0.3) is 0 Å². The molecule has 2 aromatic carbocycles. The highest BCUT2D eigenvalue weighted by Gasteiger charge is 2.21. The molecule has 0 saturated carbocycles. The molecule has 5 nitrogen and oxygen atoms in total. The van der Waals surface area contributed by atoms with Gasteiger partial charge in [-0.05, 0) is 29.7 Å². The summed E-state index contributed by atoms with van der Waals surface area (Å²) in [5.41, 5.74) is 1.70. The molecule has 6 heteroatoms. The first-order valence-electron chi connectivity index (χ1n) is 7.68. The fraction of sp³-hybridized carbons (Fsp3) is 0.333. The van der Waals surface area contributed by atoms with E-state index in [1.807, 2.05) is 38.1 Å². The van der Waals surface area contributed by atoms with Crippen LogP contribution in [-0.2, 0) is 16.6 Å². The number of methoxy groups -OCH3 is 2.